The van der Waals surface area contributed by atoms with Crippen LogP contribution in [0.3, 0.4) is 0 Å². The Balaban J connectivity index is 2.55. The fraction of sp³-hybridized carbons (Fsp3) is 0.333. The van der Waals surface area contributed by atoms with Crippen molar-refractivity contribution in [3.05, 3.63) is 29.3 Å². The minimum absolute atomic E-state index is 0.0657. The first-order valence-corrected chi connectivity index (χ1v) is 5.63. The van der Waals surface area contributed by atoms with E-state index < -0.39 is 12.1 Å². The quantitative estimate of drug-likeness (QED) is 0.867. The summed E-state index contributed by atoms with van der Waals surface area (Å²) in [6.07, 6.45) is 0. The summed E-state index contributed by atoms with van der Waals surface area (Å²) in [5.74, 6) is 0.0657. The van der Waals surface area contributed by atoms with E-state index in [0.29, 0.717) is 10.7 Å². The third kappa shape index (κ3) is 4.33. The predicted octanol–water partition coefficient (Wildman–Crippen LogP) is 3.01. The Bertz CT molecular complexity index is 422. The summed E-state index contributed by atoms with van der Waals surface area (Å²) in [6, 6.07) is 7.89. The highest BCUT2D eigenvalue weighted by molar-refractivity contribution is 6.30. The molecule has 1 atom stereocenters. The smallest absolute Gasteiger partial charge is 0.320 e. The second kappa shape index (κ2) is 6.12. The summed E-state index contributed by atoms with van der Waals surface area (Å²) in [4.78, 5) is 11.6. The number of carbonyl (C=O) groups excluding carboxylic acids is 1. The van der Waals surface area contributed by atoms with Crippen molar-refractivity contribution >= 4 is 23.3 Å². The zero-order chi connectivity index (χ0) is 12.8. The van der Waals surface area contributed by atoms with Crippen LogP contribution in [0.25, 0.3) is 0 Å². The number of nitrogens with zero attached hydrogens (tertiary/aromatic N) is 1. The highest BCUT2D eigenvalue weighted by Crippen LogP contribution is 2.13. The Labute approximate surface area is 106 Å². The zero-order valence-corrected chi connectivity index (χ0v) is 10.5. The molecule has 1 unspecified atom stereocenters. The van der Waals surface area contributed by atoms with Crippen LogP contribution in [-0.2, 0) is 0 Å². The Morgan fingerprint density at radius 3 is 2.41 bits per heavy atom. The van der Waals surface area contributed by atoms with Crippen molar-refractivity contribution in [2.45, 2.75) is 19.9 Å². The molecule has 5 heteroatoms. The first-order valence-electron chi connectivity index (χ1n) is 5.25. The lowest BCUT2D eigenvalue weighted by Crippen LogP contribution is -2.40. The van der Waals surface area contributed by atoms with Gasteiger partial charge in [-0.15, -0.1) is 0 Å². The molecule has 1 aromatic rings. The van der Waals surface area contributed by atoms with Crippen LogP contribution in [0.5, 0.6) is 0 Å². The summed E-state index contributed by atoms with van der Waals surface area (Å²) in [5, 5.41) is 14.7. The summed E-state index contributed by atoms with van der Waals surface area (Å²) < 4.78 is 0. The second-order valence-electron chi connectivity index (χ2n) is 3.96. The van der Waals surface area contributed by atoms with E-state index in [-0.39, 0.29) is 5.92 Å². The number of amides is 2. The molecule has 0 aliphatic rings. The van der Waals surface area contributed by atoms with Crippen molar-refractivity contribution in [3.63, 3.8) is 0 Å². The summed E-state index contributed by atoms with van der Waals surface area (Å²) >= 11 is 5.73. The minimum atomic E-state index is -0.498. The molecule has 0 radical (unpaired) electrons. The molecule has 0 heterocycles. The molecule has 17 heavy (non-hydrogen) atoms. The molecule has 0 bridgehead atoms. The number of carbonyl (C=O) groups is 1. The lowest BCUT2D eigenvalue weighted by atomic mass is 10.1. The van der Waals surface area contributed by atoms with Gasteiger partial charge in [-0.05, 0) is 30.2 Å². The van der Waals surface area contributed by atoms with Crippen molar-refractivity contribution in [3.8, 4) is 6.07 Å². The molecule has 0 aliphatic heterocycles. The van der Waals surface area contributed by atoms with Gasteiger partial charge in [0.2, 0.25) is 0 Å². The maximum absolute atomic E-state index is 11.6. The van der Waals surface area contributed by atoms with Crippen molar-refractivity contribution in [1.29, 1.82) is 5.26 Å². The van der Waals surface area contributed by atoms with Crippen LogP contribution in [0.15, 0.2) is 24.3 Å². The molecule has 0 fully saturated rings. The van der Waals surface area contributed by atoms with Crippen LogP contribution >= 0.6 is 11.6 Å². The average molecular weight is 252 g/mol. The summed E-state index contributed by atoms with van der Waals surface area (Å²) in [6.45, 7) is 3.74. The third-order valence-corrected chi connectivity index (χ3v) is 2.45. The standard InChI is InChI=1S/C12H14ClN3O/c1-8(2)11(7-14)16-12(17)15-10-5-3-9(13)4-6-10/h3-6,8,11H,1-2H3,(H2,15,16,17). The molecule has 0 saturated heterocycles. The predicted molar refractivity (Wildman–Crippen MR) is 67.8 cm³/mol. The number of anilines is 1. The van der Waals surface area contributed by atoms with Gasteiger partial charge < -0.3 is 10.6 Å². The molecule has 2 amide bonds. The van der Waals surface area contributed by atoms with Crippen LogP contribution in [-0.4, -0.2) is 12.1 Å². The highest BCUT2D eigenvalue weighted by atomic mass is 35.5. The molecule has 1 aromatic carbocycles. The van der Waals surface area contributed by atoms with Gasteiger partial charge >= 0.3 is 6.03 Å². The first-order chi connectivity index (χ1) is 8.02. The Hall–Kier alpha value is -1.73. The molecule has 90 valence electrons. The van der Waals surface area contributed by atoms with Gasteiger partial charge in [-0.1, -0.05) is 25.4 Å². The number of nitrogens with one attached hydrogen (secondary N) is 2. The lowest BCUT2D eigenvalue weighted by molar-refractivity contribution is 0.248. The number of hydrogen-bond acceptors (Lipinski definition) is 2. The fourth-order valence-corrected chi connectivity index (χ4v) is 1.32. The van der Waals surface area contributed by atoms with Crippen molar-refractivity contribution < 1.29 is 4.79 Å². The molecule has 2 N–H and O–H groups in total. The number of urea groups is 1. The molecule has 1 rings (SSSR count). The molecule has 0 aliphatic carbocycles. The van der Waals surface area contributed by atoms with E-state index in [0.717, 1.165) is 0 Å². The topological polar surface area (TPSA) is 64.9 Å². The van der Waals surface area contributed by atoms with Gasteiger partial charge in [0, 0.05) is 10.7 Å². The third-order valence-electron chi connectivity index (χ3n) is 2.19. The number of hydrogen-bond donors (Lipinski definition) is 2. The van der Waals surface area contributed by atoms with Crippen LogP contribution in [0.4, 0.5) is 10.5 Å². The van der Waals surface area contributed by atoms with E-state index in [1.54, 1.807) is 24.3 Å². The Morgan fingerprint density at radius 1 is 1.35 bits per heavy atom. The van der Waals surface area contributed by atoms with E-state index in [1.165, 1.54) is 0 Å². The number of nitriles is 1. The second-order valence-corrected chi connectivity index (χ2v) is 4.39. The van der Waals surface area contributed by atoms with Crippen LogP contribution < -0.4 is 10.6 Å². The van der Waals surface area contributed by atoms with Gasteiger partial charge in [0.25, 0.3) is 0 Å². The molecular formula is C12H14ClN3O. The maximum Gasteiger partial charge on any atom is 0.320 e. The lowest BCUT2D eigenvalue weighted by Gasteiger charge is -2.15. The van der Waals surface area contributed by atoms with Gasteiger partial charge in [0.05, 0.1) is 6.07 Å². The highest BCUT2D eigenvalue weighted by Gasteiger charge is 2.14. The van der Waals surface area contributed by atoms with E-state index in [2.05, 4.69) is 10.6 Å². The average Bonchev–Trinajstić information content (AvgIpc) is 2.28. The molecular weight excluding hydrogens is 238 g/mol. The summed E-state index contributed by atoms with van der Waals surface area (Å²) in [7, 11) is 0. The van der Waals surface area contributed by atoms with Crippen LogP contribution in [0.2, 0.25) is 5.02 Å². The normalized spacial score (nSPS) is 11.7. The number of halogens is 1. The number of benzene rings is 1. The molecule has 0 saturated carbocycles. The van der Waals surface area contributed by atoms with Gasteiger partial charge in [-0.25, -0.2) is 4.79 Å². The SMILES string of the molecule is CC(C)C(C#N)NC(=O)Nc1ccc(Cl)cc1. The molecule has 0 spiro atoms. The maximum atomic E-state index is 11.6. The van der Waals surface area contributed by atoms with Gasteiger partial charge in [-0.2, -0.15) is 5.26 Å². The fourth-order valence-electron chi connectivity index (χ4n) is 1.19. The van der Waals surface area contributed by atoms with Gasteiger partial charge in [-0.3, -0.25) is 0 Å². The van der Waals surface area contributed by atoms with Crippen molar-refractivity contribution in [1.82, 2.24) is 5.32 Å². The monoisotopic (exact) mass is 251 g/mol. The van der Waals surface area contributed by atoms with Crippen LogP contribution in [0.1, 0.15) is 13.8 Å². The van der Waals surface area contributed by atoms with Gasteiger partial charge in [0.1, 0.15) is 6.04 Å². The molecule has 4 nitrogen and oxygen atoms in total. The molecule has 0 aromatic heterocycles. The van der Waals surface area contributed by atoms with Crippen LogP contribution in [0, 0.1) is 17.2 Å². The van der Waals surface area contributed by atoms with Crippen molar-refractivity contribution in [2.24, 2.45) is 5.92 Å². The summed E-state index contributed by atoms with van der Waals surface area (Å²) in [5.41, 5.74) is 0.632. The van der Waals surface area contributed by atoms with E-state index in [4.69, 9.17) is 16.9 Å². The Morgan fingerprint density at radius 2 is 1.94 bits per heavy atom. The largest absolute Gasteiger partial charge is 0.322 e. The van der Waals surface area contributed by atoms with E-state index >= 15 is 0 Å². The first kappa shape index (κ1) is 13.3. The number of rotatable bonds is 3. The zero-order valence-electron chi connectivity index (χ0n) is 9.70. The Kier molecular flexibility index (Phi) is 4.80. The minimum Gasteiger partial charge on any atom is -0.322 e. The van der Waals surface area contributed by atoms with Gasteiger partial charge in [0.15, 0.2) is 0 Å². The van der Waals surface area contributed by atoms with Crippen molar-refractivity contribution in [2.75, 3.05) is 5.32 Å². The van der Waals surface area contributed by atoms with E-state index in [9.17, 15) is 4.79 Å². The van der Waals surface area contributed by atoms with E-state index in [1.807, 2.05) is 19.9 Å².